The predicted molar refractivity (Wildman–Crippen MR) is 105 cm³/mol. The molecule has 0 amide bonds. The Labute approximate surface area is 175 Å². The van der Waals surface area contributed by atoms with Crippen molar-refractivity contribution in [2.75, 3.05) is 0 Å². The van der Waals surface area contributed by atoms with E-state index in [1.165, 1.54) is 0 Å². The number of hydrogen-bond acceptors (Lipinski definition) is 4. The topological polar surface area (TPSA) is 56.0 Å². The van der Waals surface area contributed by atoms with Crippen molar-refractivity contribution in [1.29, 1.82) is 0 Å². The van der Waals surface area contributed by atoms with Gasteiger partial charge in [-0.25, -0.2) is 0 Å². The molecule has 5 rings (SSSR count). The molecular weight excluding hydrogens is 528 g/mol. The molecule has 3 aromatic heterocycles. The molecule has 0 aliphatic carbocycles. The Kier molecular flexibility index (Phi) is 6.43. The molecule has 28 heavy (non-hydrogen) atoms. The molecule has 0 saturated carbocycles. The van der Waals surface area contributed by atoms with E-state index in [0.717, 1.165) is 11.3 Å². The first-order chi connectivity index (χ1) is 13.3. The first-order valence-corrected chi connectivity index (χ1v) is 8.39. The maximum Gasteiger partial charge on any atom is 0.299 e. The molecule has 0 bridgehead atoms. The number of nitrogens with zero attached hydrogens (tertiary/aromatic N) is 2. The minimum absolute atomic E-state index is 0. The fourth-order valence-electron chi connectivity index (χ4n) is 2.69. The van der Waals surface area contributed by atoms with Crippen molar-refractivity contribution in [2.45, 2.75) is 0 Å². The molecule has 4 nitrogen and oxygen atoms in total. The van der Waals surface area contributed by atoms with Crippen LogP contribution in [0.3, 0.4) is 0 Å². The predicted octanol–water partition coefficient (Wildman–Crippen LogP) is 4.69. The van der Waals surface area contributed by atoms with E-state index in [4.69, 9.17) is 4.42 Å². The Hall–Kier alpha value is -3.14. The Bertz CT molecular complexity index is 1200. The molecule has 2 aromatic carbocycles. The van der Waals surface area contributed by atoms with Gasteiger partial charge in [0.1, 0.15) is 5.58 Å². The number of rotatable bonds is 1. The standard InChI is InChI=1S/C12H6NO2.C11H8N.Ir/c14-12-9-5-2-1-4-8(9)11-10(15-12)6-3-7-13-11;1-2-6-10(7-3-1)11-8-4-5-9-12-11;/h1-3,5-7H;1-6,8-9H;/q2*-1;. The van der Waals surface area contributed by atoms with E-state index in [-0.39, 0.29) is 25.7 Å². The SMILES string of the molecule is O=c1oc2cccnc2c2[c-]cccc12.[Ir].[c-]1ccccc1-c1ccccn1. The molecule has 0 unspecified atom stereocenters. The maximum absolute atomic E-state index is 11.6. The zero-order valence-corrected chi connectivity index (χ0v) is 17.0. The number of pyridine rings is 2. The van der Waals surface area contributed by atoms with E-state index in [2.05, 4.69) is 22.1 Å². The summed E-state index contributed by atoms with van der Waals surface area (Å²) in [5, 5.41) is 1.23. The summed E-state index contributed by atoms with van der Waals surface area (Å²) < 4.78 is 5.14. The van der Waals surface area contributed by atoms with E-state index in [0.29, 0.717) is 21.9 Å². The van der Waals surface area contributed by atoms with Crippen LogP contribution in [-0.2, 0) is 20.1 Å². The Morgan fingerprint density at radius 2 is 1.61 bits per heavy atom. The molecule has 0 fully saturated rings. The summed E-state index contributed by atoms with van der Waals surface area (Å²) in [6.45, 7) is 0. The van der Waals surface area contributed by atoms with E-state index in [9.17, 15) is 4.79 Å². The van der Waals surface area contributed by atoms with Crippen LogP contribution in [0.1, 0.15) is 0 Å². The largest absolute Gasteiger partial charge is 0.438 e. The van der Waals surface area contributed by atoms with Crippen LogP contribution in [0.5, 0.6) is 0 Å². The molecule has 0 aliphatic heterocycles. The Morgan fingerprint density at radius 3 is 2.39 bits per heavy atom. The smallest absolute Gasteiger partial charge is 0.299 e. The summed E-state index contributed by atoms with van der Waals surface area (Å²) >= 11 is 0. The third-order valence-electron chi connectivity index (χ3n) is 3.94. The van der Waals surface area contributed by atoms with Gasteiger partial charge in [-0.15, -0.1) is 65.5 Å². The Balaban J connectivity index is 0.000000159. The van der Waals surface area contributed by atoms with Gasteiger partial charge in [-0.05, 0) is 29.3 Å². The van der Waals surface area contributed by atoms with Crippen molar-refractivity contribution in [2.24, 2.45) is 0 Å². The minimum atomic E-state index is -0.345. The normalized spacial score (nSPS) is 10.0. The fraction of sp³-hybridized carbons (Fsp3) is 0. The summed E-state index contributed by atoms with van der Waals surface area (Å²) in [5.41, 5.74) is 2.84. The van der Waals surface area contributed by atoms with Crippen LogP contribution >= 0.6 is 0 Å². The van der Waals surface area contributed by atoms with Gasteiger partial charge < -0.3 is 14.4 Å². The first kappa shape index (κ1) is 19.6. The minimum Gasteiger partial charge on any atom is -0.438 e. The van der Waals surface area contributed by atoms with Gasteiger partial charge in [0.15, 0.2) is 0 Å². The van der Waals surface area contributed by atoms with Gasteiger partial charge in [0, 0.05) is 38.0 Å². The first-order valence-electron chi connectivity index (χ1n) is 8.39. The third-order valence-corrected chi connectivity index (χ3v) is 3.94. The average molecular weight is 543 g/mol. The second-order valence-electron chi connectivity index (χ2n) is 5.69. The molecular formula is C23H14IrN2O2-2. The van der Waals surface area contributed by atoms with Gasteiger partial charge in [-0.1, -0.05) is 12.1 Å². The van der Waals surface area contributed by atoms with Crippen LogP contribution in [0.15, 0.2) is 94.4 Å². The Morgan fingerprint density at radius 1 is 0.786 bits per heavy atom. The van der Waals surface area contributed by atoms with Crippen LogP contribution in [-0.4, -0.2) is 9.97 Å². The second-order valence-corrected chi connectivity index (χ2v) is 5.69. The summed E-state index contributed by atoms with van der Waals surface area (Å²) in [6.07, 6.45) is 3.46. The molecule has 0 aliphatic rings. The second kappa shape index (κ2) is 9.18. The molecule has 0 saturated heterocycles. The van der Waals surface area contributed by atoms with E-state index >= 15 is 0 Å². The van der Waals surface area contributed by atoms with Crippen LogP contribution in [0, 0.1) is 12.1 Å². The molecule has 1 radical (unpaired) electrons. The van der Waals surface area contributed by atoms with Crippen molar-refractivity contribution >= 4 is 21.9 Å². The van der Waals surface area contributed by atoms with Gasteiger partial charge in [-0.2, -0.15) is 0 Å². The van der Waals surface area contributed by atoms with Crippen molar-refractivity contribution in [3.63, 3.8) is 0 Å². The van der Waals surface area contributed by atoms with Crippen LogP contribution in [0.2, 0.25) is 0 Å². The van der Waals surface area contributed by atoms with Crippen molar-refractivity contribution in [3.05, 3.63) is 108 Å². The number of fused-ring (bicyclic) bond motifs is 3. The maximum atomic E-state index is 11.6. The summed E-state index contributed by atoms with van der Waals surface area (Å²) in [5.74, 6) is 0. The van der Waals surface area contributed by atoms with Gasteiger partial charge in [0.2, 0.25) is 0 Å². The molecule has 0 N–H and O–H groups in total. The van der Waals surface area contributed by atoms with Crippen molar-refractivity contribution in [1.82, 2.24) is 9.97 Å². The molecule has 0 atom stereocenters. The average Bonchev–Trinajstić information content (AvgIpc) is 2.76. The summed E-state index contributed by atoms with van der Waals surface area (Å²) in [4.78, 5) is 20.0. The summed E-state index contributed by atoms with van der Waals surface area (Å²) in [7, 11) is 0. The third kappa shape index (κ3) is 4.22. The number of benzene rings is 2. The van der Waals surface area contributed by atoms with Crippen LogP contribution in [0.4, 0.5) is 0 Å². The quantitative estimate of drug-likeness (QED) is 0.228. The summed E-state index contributed by atoms with van der Waals surface area (Å²) in [6, 6.07) is 28.5. The van der Waals surface area contributed by atoms with Gasteiger partial charge in [0.05, 0.1) is 0 Å². The van der Waals surface area contributed by atoms with Gasteiger partial charge >= 0.3 is 0 Å². The van der Waals surface area contributed by atoms with Gasteiger partial charge in [-0.3, -0.25) is 4.79 Å². The van der Waals surface area contributed by atoms with Crippen molar-refractivity contribution < 1.29 is 24.5 Å². The van der Waals surface area contributed by atoms with E-state index in [1.807, 2.05) is 42.5 Å². The fourth-order valence-corrected chi connectivity index (χ4v) is 2.69. The molecule has 139 valence electrons. The molecule has 5 aromatic rings. The monoisotopic (exact) mass is 543 g/mol. The van der Waals surface area contributed by atoms with E-state index in [1.54, 1.807) is 42.7 Å². The van der Waals surface area contributed by atoms with Crippen LogP contribution < -0.4 is 5.63 Å². The molecule has 0 spiro atoms. The van der Waals surface area contributed by atoms with Gasteiger partial charge in [0.25, 0.3) is 5.63 Å². The van der Waals surface area contributed by atoms with E-state index < -0.39 is 0 Å². The molecule has 3 heterocycles. The van der Waals surface area contributed by atoms with Crippen molar-refractivity contribution in [3.8, 4) is 11.3 Å². The number of aromatic nitrogens is 2. The zero-order chi connectivity index (χ0) is 18.5. The molecule has 5 heteroatoms. The number of hydrogen-bond donors (Lipinski definition) is 0. The van der Waals surface area contributed by atoms with Crippen LogP contribution in [0.25, 0.3) is 33.1 Å². The zero-order valence-electron chi connectivity index (χ0n) is 14.6.